The molecule has 0 unspecified atom stereocenters. The molecule has 2 aromatic carbocycles. The largest absolute Gasteiger partial charge is 0.495 e. The van der Waals surface area contributed by atoms with Crippen molar-refractivity contribution in [2.75, 3.05) is 7.11 Å². The molecule has 1 aromatic heterocycles. The van der Waals surface area contributed by atoms with Crippen LogP contribution in [-0.2, 0) is 6.54 Å². The Hall–Kier alpha value is -2.73. The molecule has 0 amide bonds. The number of hydrogen-bond acceptors (Lipinski definition) is 2. The van der Waals surface area contributed by atoms with Crippen LogP contribution in [0.4, 0.5) is 0 Å². The fourth-order valence-corrected chi connectivity index (χ4v) is 2.42. The van der Waals surface area contributed by atoms with Crippen LogP contribution in [0.3, 0.4) is 0 Å². The summed E-state index contributed by atoms with van der Waals surface area (Å²) in [5.41, 5.74) is 2.85. The predicted octanol–water partition coefficient (Wildman–Crippen LogP) is 3.57. The Morgan fingerprint density at radius 2 is 2.00 bits per heavy atom. The number of nitriles is 1. The highest BCUT2D eigenvalue weighted by Crippen LogP contribution is 2.21. The third-order valence-corrected chi connectivity index (χ3v) is 3.42. The van der Waals surface area contributed by atoms with Crippen molar-refractivity contribution in [3.05, 3.63) is 65.9 Å². The molecule has 3 nitrogen and oxygen atoms in total. The molecule has 0 saturated carbocycles. The Morgan fingerprint density at radius 1 is 1.15 bits per heavy atom. The van der Waals surface area contributed by atoms with Crippen LogP contribution in [-0.4, -0.2) is 11.7 Å². The molecule has 3 aromatic rings. The molecule has 0 saturated heterocycles. The zero-order valence-corrected chi connectivity index (χ0v) is 11.2. The van der Waals surface area contributed by atoms with E-state index in [9.17, 15) is 0 Å². The Balaban J connectivity index is 1.97. The highest BCUT2D eigenvalue weighted by Gasteiger charge is 2.05. The van der Waals surface area contributed by atoms with E-state index in [1.165, 1.54) is 10.9 Å². The van der Waals surface area contributed by atoms with Gasteiger partial charge in [0.05, 0.1) is 12.7 Å². The summed E-state index contributed by atoms with van der Waals surface area (Å²) in [6.07, 6.45) is 2.07. The van der Waals surface area contributed by atoms with Crippen molar-refractivity contribution in [2.45, 2.75) is 6.54 Å². The quantitative estimate of drug-likeness (QED) is 0.723. The van der Waals surface area contributed by atoms with Crippen LogP contribution >= 0.6 is 0 Å². The normalized spacial score (nSPS) is 10.4. The molecule has 0 radical (unpaired) electrons. The molecule has 0 atom stereocenters. The first-order valence-electron chi connectivity index (χ1n) is 6.42. The lowest BCUT2D eigenvalue weighted by Gasteiger charge is -2.08. The highest BCUT2D eigenvalue weighted by atomic mass is 16.5. The number of ether oxygens (including phenoxy) is 1. The lowest BCUT2D eigenvalue weighted by Crippen LogP contribution is -1.99. The Labute approximate surface area is 117 Å². The molecule has 0 aliphatic heterocycles. The van der Waals surface area contributed by atoms with Gasteiger partial charge in [-0.25, -0.2) is 0 Å². The maximum absolute atomic E-state index is 9.14. The van der Waals surface area contributed by atoms with Gasteiger partial charge in [-0.05, 0) is 35.2 Å². The van der Waals surface area contributed by atoms with Crippen molar-refractivity contribution in [2.24, 2.45) is 0 Å². The molecule has 1 heterocycles. The molecule has 20 heavy (non-hydrogen) atoms. The van der Waals surface area contributed by atoms with Crippen molar-refractivity contribution >= 4 is 10.9 Å². The molecule has 3 heteroatoms. The van der Waals surface area contributed by atoms with E-state index in [1.807, 2.05) is 30.3 Å². The van der Waals surface area contributed by atoms with Crippen LogP contribution in [0.15, 0.2) is 54.7 Å². The summed E-state index contributed by atoms with van der Waals surface area (Å²) in [4.78, 5) is 0. The predicted molar refractivity (Wildman–Crippen MR) is 78.7 cm³/mol. The minimum Gasteiger partial charge on any atom is -0.495 e. The number of fused-ring (bicyclic) bond motifs is 1. The monoisotopic (exact) mass is 262 g/mol. The van der Waals surface area contributed by atoms with Crippen LogP contribution in [0.1, 0.15) is 11.1 Å². The van der Waals surface area contributed by atoms with E-state index >= 15 is 0 Å². The molecule has 0 bridgehead atoms. The van der Waals surface area contributed by atoms with E-state index in [0.29, 0.717) is 11.3 Å². The Bertz CT molecular complexity index is 796. The summed E-state index contributed by atoms with van der Waals surface area (Å²) in [6, 6.07) is 18.3. The maximum Gasteiger partial charge on any atom is 0.136 e. The molecular formula is C17H14N2O. The number of hydrogen-bond donors (Lipinski definition) is 0. The van der Waals surface area contributed by atoms with Gasteiger partial charge in [0.15, 0.2) is 0 Å². The van der Waals surface area contributed by atoms with Gasteiger partial charge in [0, 0.05) is 18.3 Å². The number of benzene rings is 2. The van der Waals surface area contributed by atoms with Crippen LogP contribution in [0, 0.1) is 11.3 Å². The molecule has 0 N–H and O–H groups in total. The van der Waals surface area contributed by atoms with Gasteiger partial charge in [0.2, 0.25) is 0 Å². The molecule has 0 aliphatic carbocycles. The average molecular weight is 262 g/mol. The zero-order chi connectivity index (χ0) is 13.9. The van der Waals surface area contributed by atoms with Gasteiger partial charge in [0.1, 0.15) is 11.8 Å². The molecule has 98 valence electrons. The van der Waals surface area contributed by atoms with Gasteiger partial charge < -0.3 is 9.30 Å². The van der Waals surface area contributed by atoms with Crippen molar-refractivity contribution in [3.8, 4) is 11.8 Å². The van der Waals surface area contributed by atoms with E-state index in [4.69, 9.17) is 10.00 Å². The maximum atomic E-state index is 9.14. The van der Waals surface area contributed by atoms with Crippen molar-refractivity contribution < 1.29 is 4.74 Å². The third kappa shape index (κ3) is 2.12. The van der Waals surface area contributed by atoms with Gasteiger partial charge in [-0.15, -0.1) is 0 Å². The molecule has 0 aliphatic rings. The van der Waals surface area contributed by atoms with E-state index in [-0.39, 0.29) is 0 Å². The minimum atomic E-state index is 0.571. The number of aromatic nitrogens is 1. The smallest absolute Gasteiger partial charge is 0.136 e. The summed E-state index contributed by atoms with van der Waals surface area (Å²) in [6.45, 7) is 0.742. The van der Waals surface area contributed by atoms with Crippen LogP contribution in [0.2, 0.25) is 0 Å². The van der Waals surface area contributed by atoms with Gasteiger partial charge in [0.25, 0.3) is 0 Å². The van der Waals surface area contributed by atoms with E-state index in [2.05, 4.69) is 35.0 Å². The highest BCUT2D eigenvalue weighted by molar-refractivity contribution is 5.80. The molecular weight excluding hydrogens is 248 g/mol. The van der Waals surface area contributed by atoms with Crippen molar-refractivity contribution in [3.63, 3.8) is 0 Å². The van der Waals surface area contributed by atoms with E-state index in [1.54, 1.807) is 7.11 Å². The lowest BCUT2D eigenvalue weighted by molar-refractivity contribution is 0.413. The summed E-state index contributed by atoms with van der Waals surface area (Å²) in [5, 5.41) is 10.4. The van der Waals surface area contributed by atoms with Crippen molar-refractivity contribution in [1.29, 1.82) is 5.26 Å². The number of para-hydroxylation sites is 1. The number of methoxy groups -OCH3 is 1. The fraction of sp³-hybridized carbons (Fsp3) is 0.118. The number of rotatable bonds is 3. The van der Waals surface area contributed by atoms with Gasteiger partial charge in [-0.2, -0.15) is 5.26 Å². The first-order chi connectivity index (χ1) is 9.81. The fourth-order valence-electron chi connectivity index (χ4n) is 2.42. The van der Waals surface area contributed by atoms with Crippen LogP contribution in [0.25, 0.3) is 10.9 Å². The van der Waals surface area contributed by atoms with E-state index < -0.39 is 0 Å². The topological polar surface area (TPSA) is 38.0 Å². The summed E-state index contributed by atoms with van der Waals surface area (Å²) >= 11 is 0. The molecule has 0 fully saturated rings. The second kappa shape index (κ2) is 5.10. The Morgan fingerprint density at radius 3 is 2.80 bits per heavy atom. The average Bonchev–Trinajstić information content (AvgIpc) is 2.90. The first kappa shape index (κ1) is 12.3. The van der Waals surface area contributed by atoms with Crippen molar-refractivity contribution in [1.82, 2.24) is 4.57 Å². The third-order valence-electron chi connectivity index (χ3n) is 3.42. The standard InChI is InChI=1S/C17H14N2O/c1-20-17-7-6-13(10-15(17)11-18)12-19-9-8-14-4-2-3-5-16(14)19/h2-10H,12H2,1H3. The Kier molecular flexibility index (Phi) is 3.14. The second-order valence-corrected chi connectivity index (χ2v) is 4.65. The van der Waals surface area contributed by atoms with Crippen LogP contribution < -0.4 is 4.74 Å². The molecule has 3 rings (SSSR count). The van der Waals surface area contributed by atoms with Gasteiger partial charge >= 0.3 is 0 Å². The lowest BCUT2D eigenvalue weighted by atomic mass is 10.1. The molecule has 0 spiro atoms. The van der Waals surface area contributed by atoms with Gasteiger partial charge in [-0.3, -0.25) is 0 Å². The summed E-state index contributed by atoms with van der Waals surface area (Å²) in [5.74, 6) is 0.619. The van der Waals surface area contributed by atoms with Gasteiger partial charge in [-0.1, -0.05) is 24.3 Å². The van der Waals surface area contributed by atoms with Crippen LogP contribution in [0.5, 0.6) is 5.75 Å². The minimum absolute atomic E-state index is 0.571. The zero-order valence-electron chi connectivity index (χ0n) is 11.2. The SMILES string of the molecule is COc1ccc(Cn2ccc3ccccc32)cc1C#N. The van der Waals surface area contributed by atoms with E-state index in [0.717, 1.165) is 12.1 Å². The number of nitrogens with zero attached hydrogens (tertiary/aromatic N) is 2. The summed E-state index contributed by atoms with van der Waals surface area (Å²) in [7, 11) is 1.58. The summed E-state index contributed by atoms with van der Waals surface area (Å²) < 4.78 is 7.35. The second-order valence-electron chi connectivity index (χ2n) is 4.65. The first-order valence-corrected chi connectivity index (χ1v) is 6.42.